The normalized spacial score (nSPS) is 19.1. The molecule has 4 rings (SSSR count). The van der Waals surface area contributed by atoms with Crippen LogP contribution in [0.2, 0.25) is 0 Å². The molecule has 4 heteroatoms. The molecule has 2 fully saturated rings. The van der Waals surface area contributed by atoms with Crippen molar-refractivity contribution in [1.29, 1.82) is 0 Å². The zero-order valence-corrected chi connectivity index (χ0v) is 19.6. The Hall–Kier alpha value is -2.04. The van der Waals surface area contributed by atoms with Crippen LogP contribution in [-0.2, 0) is 20.3 Å². The summed E-state index contributed by atoms with van der Waals surface area (Å²) in [4.78, 5) is 0. The first-order valence-electron chi connectivity index (χ1n) is 11.5. The number of hydrogen-bond donors (Lipinski definition) is 0. The van der Waals surface area contributed by atoms with E-state index < -0.39 is 0 Å². The van der Waals surface area contributed by atoms with Crippen molar-refractivity contribution in [2.45, 2.75) is 70.5 Å². The van der Waals surface area contributed by atoms with Crippen molar-refractivity contribution in [2.24, 2.45) is 0 Å². The summed E-state index contributed by atoms with van der Waals surface area (Å²) < 4.78 is 22.7. The number of ether oxygens (including phenoxy) is 4. The first kappa shape index (κ1) is 22.2. The van der Waals surface area contributed by atoms with Crippen LogP contribution >= 0.6 is 0 Å². The molecule has 1 atom stereocenters. The van der Waals surface area contributed by atoms with Crippen LogP contribution in [0, 0.1) is 0 Å². The summed E-state index contributed by atoms with van der Waals surface area (Å²) in [5, 5.41) is 0. The molecule has 31 heavy (non-hydrogen) atoms. The second-order valence-electron chi connectivity index (χ2n) is 10.0. The Morgan fingerprint density at radius 3 is 2.19 bits per heavy atom. The molecule has 1 unspecified atom stereocenters. The van der Waals surface area contributed by atoms with Gasteiger partial charge in [0.15, 0.2) is 0 Å². The van der Waals surface area contributed by atoms with Gasteiger partial charge in [0, 0.05) is 11.0 Å². The average Bonchev–Trinajstić information content (AvgIpc) is 3.54. The zero-order valence-electron chi connectivity index (χ0n) is 19.6. The molecule has 4 nitrogen and oxygen atoms in total. The van der Waals surface area contributed by atoms with Crippen molar-refractivity contribution in [3.05, 3.63) is 59.2 Å². The molecule has 2 aromatic rings. The molecule has 2 aliphatic rings. The highest BCUT2D eigenvalue weighted by Crippen LogP contribution is 2.41. The van der Waals surface area contributed by atoms with Crippen molar-refractivity contribution >= 4 is 0 Å². The van der Waals surface area contributed by atoms with Gasteiger partial charge < -0.3 is 18.9 Å². The maximum Gasteiger partial charge on any atom is 0.145 e. The van der Waals surface area contributed by atoms with Gasteiger partial charge in [0.2, 0.25) is 0 Å². The summed E-state index contributed by atoms with van der Waals surface area (Å²) in [6.07, 6.45) is 2.70. The fourth-order valence-electron chi connectivity index (χ4n) is 4.26. The second kappa shape index (κ2) is 8.84. The summed E-state index contributed by atoms with van der Waals surface area (Å²) in [6, 6.07) is 15.2. The highest BCUT2D eigenvalue weighted by molar-refractivity contribution is 5.48. The minimum absolute atomic E-state index is 0.0450. The average molecular weight is 425 g/mol. The molecule has 2 heterocycles. The van der Waals surface area contributed by atoms with E-state index in [-0.39, 0.29) is 23.0 Å². The van der Waals surface area contributed by atoms with Gasteiger partial charge in [-0.1, -0.05) is 65.3 Å². The first-order valence-corrected chi connectivity index (χ1v) is 11.5. The summed E-state index contributed by atoms with van der Waals surface area (Å²) in [5.41, 5.74) is 3.76. The molecule has 0 radical (unpaired) electrons. The van der Waals surface area contributed by atoms with E-state index in [9.17, 15) is 0 Å². The lowest BCUT2D eigenvalue weighted by Crippen LogP contribution is -2.39. The van der Waals surface area contributed by atoms with Crippen LogP contribution in [0.25, 0.3) is 0 Å². The van der Waals surface area contributed by atoms with Gasteiger partial charge in [-0.05, 0) is 41.2 Å². The van der Waals surface area contributed by atoms with E-state index in [1.165, 1.54) is 16.7 Å². The third-order valence-electron chi connectivity index (χ3n) is 6.62. The van der Waals surface area contributed by atoms with E-state index in [0.29, 0.717) is 19.8 Å². The smallest absolute Gasteiger partial charge is 0.145 e. The summed E-state index contributed by atoms with van der Waals surface area (Å²) in [6.45, 7) is 14.3. The Morgan fingerprint density at radius 1 is 0.935 bits per heavy atom. The lowest BCUT2D eigenvalue weighted by atomic mass is 9.74. The fraction of sp³-hybridized carbons (Fsp3) is 0.556. The summed E-state index contributed by atoms with van der Waals surface area (Å²) >= 11 is 0. The minimum Gasteiger partial charge on any atom is -0.491 e. The number of benzene rings is 2. The van der Waals surface area contributed by atoms with Crippen LogP contribution in [0.3, 0.4) is 0 Å². The van der Waals surface area contributed by atoms with E-state index in [0.717, 1.165) is 30.9 Å². The fourth-order valence-corrected chi connectivity index (χ4v) is 4.26. The van der Waals surface area contributed by atoms with Gasteiger partial charge in [-0.2, -0.15) is 0 Å². The lowest BCUT2D eigenvalue weighted by Gasteiger charge is -2.34. The van der Waals surface area contributed by atoms with E-state index in [2.05, 4.69) is 77.1 Å². The van der Waals surface area contributed by atoms with Gasteiger partial charge >= 0.3 is 0 Å². The van der Waals surface area contributed by atoms with Gasteiger partial charge in [0.1, 0.15) is 30.3 Å². The minimum atomic E-state index is -0.132. The quantitative estimate of drug-likeness (QED) is 0.463. The second-order valence-corrected chi connectivity index (χ2v) is 10.0. The van der Waals surface area contributed by atoms with Crippen molar-refractivity contribution in [2.75, 3.05) is 26.4 Å². The largest absolute Gasteiger partial charge is 0.491 e. The topological polar surface area (TPSA) is 40.2 Å². The number of epoxide rings is 1. The molecule has 2 saturated heterocycles. The van der Waals surface area contributed by atoms with Crippen LogP contribution in [0.4, 0.5) is 0 Å². The molecule has 0 amide bonds. The molecule has 0 aliphatic carbocycles. The molecule has 0 N–H and O–H groups in total. The predicted molar refractivity (Wildman–Crippen MR) is 123 cm³/mol. The van der Waals surface area contributed by atoms with Crippen LogP contribution in [0.15, 0.2) is 42.5 Å². The Bertz CT molecular complexity index is 877. The van der Waals surface area contributed by atoms with E-state index in [1.807, 2.05) is 0 Å². The molecule has 168 valence electrons. The van der Waals surface area contributed by atoms with Crippen LogP contribution in [-0.4, -0.2) is 38.6 Å². The Balaban J connectivity index is 1.60. The van der Waals surface area contributed by atoms with Crippen molar-refractivity contribution in [3.8, 4) is 11.5 Å². The standard InChI is InChI=1S/C27H36O4/c1-6-13-26(2,3)24-14-20(9-12-25(24)31-23-15-28-16-23)27(4,5)19-7-10-21(11-8-19)29-17-22-18-30-22/h7-12,14,22-23H,6,13,15-18H2,1-5H3. The van der Waals surface area contributed by atoms with Gasteiger partial charge in [-0.15, -0.1) is 0 Å². The maximum absolute atomic E-state index is 6.30. The Kier molecular flexibility index (Phi) is 6.32. The van der Waals surface area contributed by atoms with Crippen molar-refractivity contribution in [3.63, 3.8) is 0 Å². The van der Waals surface area contributed by atoms with E-state index in [1.54, 1.807) is 0 Å². The third-order valence-corrected chi connectivity index (χ3v) is 6.62. The van der Waals surface area contributed by atoms with Crippen LogP contribution < -0.4 is 9.47 Å². The van der Waals surface area contributed by atoms with Gasteiger partial charge in [0.05, 0.1) is 19.8 Å². The number of hydrogen-bond acceptors (Lipinski definition) is 4. The number of rotatable bonds is 10. The molecule has 0 aromatic heterocycles. The van der Waals surface area contributed by atoms with Crippen LogP contribution in [0.1, 0.15) is 64.2 Å². The van der Waals surface area contributed by atoms with E-state index >= 15 is 0 Å². The summed E-state index contributed by atoms with van der Waals surface area (Å²) in [5.74, 6) is 1.89. The Labute approximate surface area is 186 Å². The highest BCUT2D eigenvalue weighted by atomic mass is 16.6. The summed E-state index contributed by atoms with van der Waals surface area (Å²) in [7, 11) is 0. The van der Waals surface area contributed by atoms with Crippen molar-refractivity contribution < 1.29 is 18.9 Å². The first-order chi connectivity index (χ1) is 14.8. The molecule has 0 saturated carbocycles. The zero-order chi connectivity index (χ0) is 22.1. The highest BCUT2D eigenvalue weighted by Gasteiger charge is 2.31. The third kappa shape index (κ3) is 5.07. The van der Waals surface area contributed by atoms with Gasteiger partial charge in [0.25, 0.3) is 0 Å². The molecule has 2 aliphatic heterocycles. The predicted octanol–water partition coefficient (Wildman–Crippen LogP) is 5.65. The van der Waals surface area contributed by atoms with Gasteiger partial charge in [-0.3, -0.25) is 0 Å². The van der Waals surface area contributed by atoms with E-state index in [4.69, 9.17) is 18.9 Å². The van der Waals surface area contributed by atoms with Gasteiger partial charge in [-0.25, -0.2) is 0 Å². The molecule has 2 aromatic carbocycles. The Morgan fingerprint density at radius 2 is 1.61 bits per heavy atom. The maximum atomic E-state index is 6.30. The molecular weight excluding hydrogens is 388 g/mol. The molecule has 0 bridgehead atoms. The lowest BCUT2D eigenvalue weighted by molar-refractivity contribution is -0.0802. The molecular formula is C27H36O4. The monoisotopic (exact) mass is 424 g/mol. The SMILES string of the molecule is CCCC(C)(C)c1cc(C(C)(C)c2ccc(OCC3CO3)cc2)ccc1OC1COC1. The molecule has 0 spiro atoms. The van der Waals surface area contributed by atoms with Crippen molar-refractivity contribution in [1.82, 2.24) is 0 Å². The van der Waals surface area contributed by atoms with Crippen LogP contribution in [0.5, 0.6) is 11.5 Å².